The number of nitrogens with zero attached hydrogens (tertiary/aromatic N) is 3. The van der Waals surface area contributed by atoms with Gasteiger partial charge in [0.1, 0.15) is 11.6 Å². The summed E-state index contributed by atoms with van der Waals surface area (Å²) in [5.41, 5.74) is 0.885. The fourth-order valence-electron chi connectivity index (χ4n) is 1.95. The predicted octanol–water partition coefficient (Wildman–Crippen LogP) is 1.83. The second-order valence-corrected chi connectivity index (χ2v) is 5.25. The molecule has 0 spiro atoms. The van der Waals surface area contributed by atoms with Crippen molar-refractivity contribution in [2.24, 2.45) is 0 Å². The van der Waals surface area contributed by atoms with E-state index in [1.807, 2.05) is 32.0 Å². The Kier molecular flexibility index (Phi) is 5.46. The molecule has 2 rings (SSSR count). The third-order valence-electron chi connectivity index (χ3n) is 3.11. The van der Waals surface area contributed by atoms with Gasteiger partial charge in [-0.1, -0.05) is 12.1 Å². The van der Waals surface area contributed by atoms with Crippen molar-refractivity contribution in [2.45, 2.75) is 6.92 Å². The summed E-state index contributed by atoms with van der Waals surface area (Å²) in [6.07, 6.45) is 0. The minimum absolute atomic E-state index is 0.0363. The van der Waals surface area contributed by atoms with E-state index in [0.717, 1.165) is 11.5 Å². The van der Waals surface area contributed by atoms with Crippen LogP contribution in [0.1, 0.15) is 16.1 Å². The zero-order valence-electron chi connectivity index (χ0n) is 13.4. The van der Waals surface area contributed by atoms with Crippen molar-refractivity contribution in [2.75, 3.05) is 37.4 Å². The fraction of sp³-hybridized carbons (Fsp3) is 0.312. The van der Waals surface area contributed by atoms with E-state index >= 15 is 0 Å². The first-order chi connectivity index (χ1) is 11.0. The molecule has 2 aromatic rings. The van der Waals surface area contributed by atoms with Crippen LogP contribution >= 0.6 is 0 Å². The largest absolute Gasteiger partial charge is 0.363 e. The number of nitrogens with one attached hydrogen (secondary N) is 2. The van der Waals surface area contributed by atoms with Crippen LogP contribution in [0.2, 0.25) is 0 Å². The van der Waals surface area contributed by atoms with E-state index in [1.165, 1.54) is 12.1 Å². The molecule has 0 aliphatic heterocycles. The van der Waals surface area contributed by atoms with E-state index in [9.17, 15) is 9.18 Å². The standard InChI is InChI=1S/C16H20FN5O/c1-11-10-14(22(2)3)21-16(20-11)19-9-8-18-15(23)12-6-4-5-7-13(12)17/h4-7,10H,8-9H2,1-3H3,(H,18,23)(H,19,20,21). The molecule has 7 heteroatoms. The molecule has 1 aromatic heterocycles. The van der Waals surface area contributed by atoms with Crippen molar-refractivity contribution < 1.29 is 9.18 Å². The van der Waals surface area contributed by atoms with Crippen molar-refractivity contribution in [1.29, 1.82) is 0 Å². The van der Waals surface area contributed by atoms with Gasteiger partial charge in [0.05, 0.1) is 5.56 Å². The molecule has 1 amide bonds. The van der Waals surface area contributed by atoms with Gasteiger partial charge in [0.15, 0.2) is 0 Å². The van der Waals surface area contributed by atoms with E-state index in [-0.39, 0.29) is 5.56 Å². The predicted molar refractivity (Wildman–Crippen MR) is 88.3 cm³/mol. The summed E-state index contributed by atoms with van der Waals surface area (Å²) in [5, 5.41) is 5.70. The topological polar surface area (TPSA) is 70.2 Å². The lowest BCUT2D eigenvalue weighted by Crippen LogP contribution is -2.29. The number of carbonyl (C=O) groups is 1. The fourth-order valence-corrected chi connectivity index (χ4v) is 1.95. The van der Waals surface area contributed by atoms with Gasteiger partial charge in [-0.3, -0.25) is 4.79 Å². The maximum atomic E-state index is 13.5. The Morgan fingerprint density at radius 3 is 2.65 bits per heavy atom. The number of rotatable bonds is 6. The normalized spacial score (nSPS) is 10.3. The molecule has 2 N–H and O–H groups in total. The molecule has 1 heterocycles. The SMILES string of the molecule is Cc1cc(N(C)C)nc(NCCNC(=O)c2ccccc2F)n1. The average molecular weight is 317 g/mol. The van der Waals surface area contributed by atoms with Crippen LogP contribution in [0.5, 0.6) is 0 Å². The number of hydrogen-bond acceptors (Lipinski definition) is 5. The lowest BCUT2D eigenvalue weighted by Gasteiger charge is -2.14. The van der Waals surface area contributed by atoms with Gasteiger partial charge in [-0.25, -0.2) is 9.37 Å². The highest BCUT2D eigenvalue weighted by Gasteiger charge is 2.09. The van der Waals surface area contributed by atoms with Crippen molar-refractivity contribution in [3.63, 3.8) is 0 Å². The maximum Gasteiger partial charge on any atom is 0.254 e. The molecule has 1 aromatic carbocycles. The van der Waals surface area contributed by atoms with Gasteiger partial charge in [-0.15, -0.1) is 0 Å². The molecule has 0 atom stereocenters. The number of benzene rings is 1. The number of aryl methyl sites for hydroxylation is 1. The maximum absolute atomic E-state index is 13.5. The van der Waals surface area contributed by atoms with E-state index in [4.69, 9.17) is 0 Å². The van der Waals surface area contributed by atoms with Gasteiger partial charge < -0.3 is 15.5 Å². The first-order valence-electron chi connectivity index (χ1n) is 7.27. The van der Waals surface area contributed by atoms with Gasteiger partial charge in [0, 0.05) is 38.9 Å². The Morgan fingerprint density at radius 2 is 1.96 bits per heavy atom. The average Bonchev–Trinajstić information content (AvgIpc) is 2.51. The zero-order chi connectivity index (χ0) is 16.8. The minimum Gasteiger partial charge on any atom is -0.363 e. The van der Waals surface area contributed by atoms with Gasteiger partial charge in [-0.2, -0.15) is 4.98 Å². The molecule has 0 saturated heterocycles. The molecule has 0 fully saturated rings. The van der Waals surface area contributed by atoms with Crippen molar-refractivity contribution in [3.8, 4) is 0 Å². The number of hydrogen-bond donors (Lipinski definition) is 2. The Bertz CT molecular complexity index is 690. The minimum atomic E-state index is -0.532. The Labute approximate surface area is 134 Å². The van der Waals surface area contributed by atoms with Crippen molar-refractivity contribution in [3.05, 3.63) is 47.4 Å². The number of carbonyl (C=O) groups excluding carboxylic acids is 1. The van der Waals surface area contributed by atoms with Gasteiger partial charge >= 0.3 is 0 Å². The summed E-state index contributed by atoms with van der Waals surface area (Å²) >= 11 is 0. The molecule has 0 bridgehead atoms. The molecule has 6 nitrogen and oxygen atoms in total. The van der Waals surface area contributed by atoms with Crippen LogP contribution in [0, 0.1) is 12.7 Å². The van der Waals surface area contributed by atoms with E-state index in [0.29, 0.717) is 19.0 Å². The Morgan fingerprint density at radius 1 is 1.22 bits per heavy atom. The summed E-state index contributed by atoms with van der Waals surface area (Å²) in [6.45, 7) is 2.66. The molecular formula is C16H20FN5O. The molecule has 0 unspecified atom stereocenters. The second kappa shape index (κ2) is 7.53. The molecule has 0 aliphatic rings. The number of halogens is 1. The summed E-state index contributed by atoms with van der Waals surface area (Å²) in [7, 11) is 3.81. The van der Waals surface area contributed by atoms with E-state index in [2.05, 4.69) is 20.6 Å². The zero-order valence-corrected chi connectivity index (χ0v) is 13.4. The molecule has 0 aliphatic carbocycles. The van der Waals surface area contributed by atoms with Crippen LogP contribution in [0.15, 0.2) is 30.3 Å². The van der Waals surface area contributed by atoms with Gasteiger partial charge in [-0.05, 0) is 19.1 Å². The highest BCUT2D eigenvalue weighted by Crippen LogP contribution is 2.11. The summed E-state index contributed by atoms with van der Waals surface area (Å²) in [5.74, 6) is 0.323. The quantitative estimate of drug-likeness (QED) is 0.796. The third kappa shape index (κ3) is 4.64. The number of amides is 1. The highest BCUT2D eigenvalue weighted by molar-refractivity contribution is 5.94. The molecular weight excluding hydrogens is 297 g/mol. The number of aromatic nitrogens is 2. The number of anilines is 2. The van der Waals surface area contributed by atoms with E-state index in [1.54, 1.807) is 12.1 Å². The Balaban J connectivity index is 1.86. The molecule has 0 radical (unpaired) electrons. The first kappa shape index (κ1) is 16.7. The van der Waals surface area contributed by atoms with Crippen LogP contribution in [-0.4, -0.2) is 43.1 Å². The lowest BCUT2D eigenvalue weighted by molar-refractivity contribution is 0.0951. The first-order valence-corrected chi connectivity index (χ1v) is 7.27. The van der Waals surface area contributed by atoms with Crippen LogP contribution in [0.25, 0.3) is 0 Å². The summed E-state index contributed by atoms with van der Waals surface area (Å²) < 4.78 is 13.5. The smallest absolute Gasteiger partial charge is 0.254 e. The lowest BCUT2D eigenvalue weighted by atomic mass is 10.2. The molecule has 0 saturated carbocycles. The monoisotopic (exact) mass is 317 g/mol. The van der Waals surface area contributed by atoms with E-state index < -0.39 is 11.7 Å². The van der Waals surface area contributed by atoms with Crippen LogP contribution in [0.4, 0.5) is 16.2 Å². The summed E-state index contributed by atoms with van der Waals surface area (Å²) in [6, 6.07) is 7.76. The highest BCUT2D eigenvalue weighted by atomic mass is 19.1. The van der Waals surface area contributed by atoms with Gasteiger partial charge in [0.2, 0.25) is 5.95 Å². The van der Waals surface area contributed by atoms with Crippen molar-refractivity contribution in [1.82, 2.24) is 15.3 Å². The molecule has 122 valence electrons. The van der Waals surface area contributed by atoms with Crippen molar-refractivity contribution >= 4 is 17.7 Å². The van der Waals surface area contributed by atoms with Crippen LogP contribution < -0.4 is 15.5 Å². The van der Waals surface area contributed by atoms with Crippen LogP contribution in [0.3, 0.4) is 0 Å². The summed E-state index contributed by atoms with van der Waals surface area (Å²) in [4.78, 5) is 22.4. The van der Waals surface area contributed by atoms with Crippen LogP contribution in [-0.2, 0) is 0 Å². The third-order valence-corrected chi connectivity index (χ3v) is 3.11. The second-order valence-electron chi connectivity index (χ2n) is 5.25. The molecule has 23 heavy (non-hydrogen) atoms. The van der Waals surface area contributed by atoms with Gasteiger partial charge in [0.25, 0.3) is 5.91 Å². The Hall–Kier alpha value is -2.70.